The first-order valence-corrected chi connectivity index (χ1v) is 30.3. The van der Waals surface area contributed by atoms with Gasteiger partial charge in [-0.2, -0.15) is 0 Å². The number of carbonyl (C=O) groups excluding carboxylic acids is 3. The van der Waals surface area contributed by atoms with E-state index in [0.29, 0.717) is 19.3 Å². The molecule has 6 nitrogen and oxygen atoms in total. The number of ether oxygens (including phenoxy) is 3. The van der Waals surface area contributed by atoms with Crippen LogP contribution in [0.25, 0.3) is 0 Å². The monoisotopic (exact) mass is 947 g/mol. The Kier molecular flexibility index (Phi) is 52.5. The standard InChI is InChI=1S/C61H118O6/c1-6-9-10-11-12-29-38-43-48-53-61(64)67-58(55-66-60(63)52-47-42-37-33-28-24-20-19-22-26-31-35-40-45-50-57(5)8-3)54-65-59(62)51-46-41-36-32-27-23-18-16-14-13-15-17-21-25-30-34-39-44-49-56(4)7-2/h56-58H,6-55H2,1-5H3/t56?,57?,58-/m1/s1. The van der Waals surface area contributed by atoms with Gasteiger partial charge in [0.2, 0.25) is 0 Å². The second-order valence-electron chi connectivity index (χ2n) is 21.5. The lowest BCUT2D eigenvalue weighted by Gasteiger charge is -2.18. The molecule has 67 heavy (non-hydrogen) atoms. The van der Waals surface area contributed by atoms with Gasteiger partial charge in [-0.05, 0) is 31.1 Å². The first-order valence-electron chi connectivity index (χ1n) is 30.3. The Labute approximate surface area is 418 Å². The molecule has 0 heterocycles. The van der Waals surface area contributed by atoms with Crippen LogP contribution >= 0.6 is 0 Å². The van der Waals surface area contributed by atoms with Gasteiger partial charge in [-0.3, -0.25) is 14.4 Å². The van der Waals surface area contributed by atoms with Crippen molar-refractivity contribution in [2.45, 2.75) is 349 Å². The van der Waals surface area contributed by atoms with Crippen LogP contribution in [0.15, 0.2) is 0 Å². The first kappa shape index (κ1) is 65.4. The third kappa shape index (κ3) is 52.1. The molecule has 0 aliphatic rings. The molecule has 0 N–H and O–H groups in total. The highest BCUT2D eigenvalue weighted by Crippen LogP contribution is 2.19. The van der Waals surface area contributed by atoms with E-state index in [1.807, 2.05) is 0 Å². The van der Waals surface area contributed by atoms with E-state index in [0.717, 1.165) is 69.6 Å². The normalized spacial score (nSPS) is 12.9. The summed E-state index contributed by atoms with van der Waals surface area (Å²) in [6.45, 7) is 11.5. The molecule has 6 heteroatoms. The Hall–Kier alpha value is -1.59. The largest absolute Gasteiger partial charge is 0.462 e. The van der Waals surface area contributed by atoms with E-state index in [4.69, 9.17) is 14.2 Å². The minimum atomic E-state index is -0.762. The third-order valence-corrected chi connectivity index (χ3v) is 14.7. The molecule has 3 atom stereocenters. The second kappa shape index (κ2) is 53.8. The summed E-state index contributed by atoms with van der Waals surface area (Å²) in [4.78, 5) is 38.1. The topological polar surface area (TPSA) is 78.9 Å². The van der Waals surface area contributed by atoms with Crippen LogP contribution in [0.2, 0.25) is 0 Å². The van der Waals surface area contributed by atoms with Gasteiger partial charge in [0.15, 0.2) is 6.10 Å². The van der Waals surface area contributed by atoms with Crippen LogP contribution in [-0.2, 0) is 28.6 Å². The van der Waals surface area contributed by atoms with Gasteiger partial charge in [-0.1, -0.05) is 304 Å². The first-order chi connectivity index (χ1) is 32.8. The number of rotatable bonds is 55. The molecule has 0 saturated carbocycles. The molecule has 0 rings (SSSR count). The van der Waals surface area contributed by atoms with Crippen molar-refractivity contribution < 1.29 is 28.6 Å². The molecule has 0 aromatic rings. The zero-order valence-corrected chi connectivity index (χ0v) is 46.0. The minimum Gasteiger partial charge on any atom is -0.462 e. The average molecular weight is 948 g/mol. The van der Waals surface area contributed by atoms with Crippen LogP contribution in [0.5, 0.6) is 0 Å². The fourth-order valence-corrected chi connectivity index (χ4v) is 9.34. The highest BCUT2D eigenvalue weighted by molar-refractivity contribution is 5.71. The van der Waals surface area contributed by atoms with Gasteiger partial charge < -0.3 is 14.2 Å². The van der Waals surface area contributed by atoms with Crippen molar-refractivity contribution in [1.29, 1.82) is 0 Å². The summed E-state index contributed by atoms with van der Waals surface area (Å²) in [5.41, 5.74) is 0. The summed E-state index contributed by atoms with van der Waals surface area (Å²) in [6.07, 6.45) is 58.1. The number of unbranched alkanes of at least 4 members (excludes halogenated alkanes) is 38. The number of esters is 3. The van der Waals surface area contributed by atoms with E-state index in [1.54, 1.807) is 0 Å². The van der Waals surface area contributed by atoms with Crippen molar-refractivity contribution in [2.24, 2.45) is 11.8 Å². The summed E-state index contributed by atoms with van der Waals surface area (Å²) in [5.74, 6) is 0.966. The molecule has 0 radical (unpaired) electrons. The SMILES string of the molecule is CCCCCCCCCCCC(=O)O[C@H](COC(=O)CCCCCCCCCCCCCCCCCCCCC(C)CC)COC(=O)CCCCCCCCCCCCCCCCC(C)CC. The van der Waals surface area contributed by atoms with E-state index in [1.165, 1.54) is 231 Å². The molecule has 2 unspecified atom stereocenters. The predicted octanol–water partition coefficient (Wildman–Crippen LogP) is 20.0. The van der Waals surface area contributed by atoms with Crippen molar-refractivity contribution in [3.05, 3.63) is 0 Å². The van der Waals surface area contributed by atoms with Crippen LogP contribution in [0.1, 0.15) is 343 Å². The van der Waals surface area contributed by atoms with Gasteiger partial charge in [0.05, 0.1) is 0 Å². The Morgan fingerprint density at radius 1 is 0.299 bits per heavy atom. The van der Waals surface area contributed by atoms with Crippen molar-refractivity contribution in [1.82, 2.24) is 0 Å². The maximum absolute atomic E-state index is 12.8. The number of hydrogen-bond acceptors (Lipinski definition) is 6. The van der Waals surface area contributed by atoms with E-state index in [2.05, 4.69) is 34.6 Å². The summed E-state index contributed by atoms with van der Waals surface area (Å²) >= 11 is 0. The van der Waals surface area contributed by atoms with E-state index >= 15 is 0 Å². The van der Waals surface area contributed by atoms with Gasteiger partial charge in [0.1, 0.15) is 13.2 Å². The fourth-order valence-electron chi connectivity index (χ4n) is 9.34. The maximum Gasteiger partial charge on any atom is 0.306 e. The summed E-state index contributed by atoms with van der Waals surface area (Å²) in [6, 6.07) is 0. The molecule has 0 bridgehead atoms. The molecule has 0 fully saturated rings. The lowest BCUT2D eigenvalue weighted by molar-refractivity contribution is -0.167. The lowest BCUT2D eigenvalue weighted by atomic mass is 9.99. The van der Waals surface area contributed by atoms with Gasteiger partial charge in [0.25, 0.3) is 0 Å². The predicted molar refractivity (Wildman–Crippen MR) is 289 cm³/mol. The summed E-state index contributed by atoms with van der Waals surface area (Å²) < 4.78 is 16.9. The fraction of sp³-hybridized carbons (Fsp3) is 0.951. The smallest absolute Gasteiger partial charge is 0.306 e. The Bertz CT molecular complexity index is 1030. The molecule has 0 amide bonds. The summed E-state index contributed by atoms with van der Waals surface area (Å²) in [5, 5.41) is 0. The zero-order chi connectivity index (χ0) is 48.9. The Morgan fingerprint density at radius 3 is 0.776 bits per heavy atom. The molecular formula is C61H118O6. The van der Waals surface area contributed by atoms with Gasteiger partial charge in [-0.25, -0.2) is 0 Å². The van der Waals surface area contributed by atoms with Crippen molar-refractivity contribution in [2.75, 3.05) is 13.2 Å². The van der Waals surface area contributed by atoms with E-state index < -0.39 is 6.10 Å². The van der Waals surface area contributed by atoms with Crippen LogP contribution in [0.3, 0.4) is 0 Å². The van der Waals surface area contributed by atoms with E-state index in [9.17, 15) is 14.4 Å². The molecule has 0 spiro atoms. The van der Waals surface area contributed by atoms with Gasteiger partial charge in [0, 0.05) is 19.3 Å². The van der Waals surface area contributed by atoms with Gasteiger partial charge >= 0.3 is 17.9 Å². The molecule has 0 aromatic carbocycles. The quantitative estimate of drug-likeness (QED) is 0.0343. The Morgan fingerprint density at radius 2 is 0.522 bits per heavy atom. The molecule has 0 saturated heterocycles. The molecule has 0 aliphatic carbocycles. The van der Waals surface area contributed by atoms with Crippen LogP contribution in [-0.4, -0.2) is 37.2 Å². The number of carbonyl (C=O) groups is 3. The van der Waals surface area contributed by atoms with E-state index in [-0.39, 0.29) is 31.1 Å². The molecule has 0 aliphatic heterocycles. The number of hydrogen-bond donors (Lipinski definition) is 0. The Balaban J connectivity index is 4.14. The zero-order valence-electron chi connectivity index (χ0n) is 46.0. The van der Waals surface area contributed by atoms with Gasteiger partial charge in [-0.15, -0.1) is 0 Å². The van der Waals surface area contributed by atoms with Crippen LogP contribution in [0.4, 0.5) is 0 Å². The average Bonchev–Trinajstić information content (AvgIpc) is 3.33. The van der Waals surface area contributed by atoms with Crippen molar-refractivity contribution in [3.8, 4) is 0 Å². The third-order valence-electron chi connectivity index (χ3n) is 14.7. The van der Waals surface area contributed by atoms with Crippen molar-refractivity contribution in [3.63, 3.8) is 0 Å². The minimum absolute atomic E-state index is 0.0626. The molecule has 398 valence electrons. The molecule has 0 aromatic heterocycles. The van der Waals surface area contributed by atoms with Crippen LogP contribution < -0.4 is 0 Å². The maximum atomic E-state index is 12.8. The lowest BCUT2D eigenvalue weighted by Crippen LogP contribution is -2.30. The van der Waals surface area contributed by atoms with Crippen LogP contribution in [0, 0.1) is 11.8 Å². The highest BCUT2D eigenvalue weighted by Gasteiger charge is 2.19. The van der Waals surface area contributed by atoms with Crippen molar-refractivity contribution >= 4 is 17.9 Å². The summed E-state index contributed by atoms with van der Waals surface area (Å²) in [7, 11) is 0. The molecular weight excluding hydrogens is 829 g/mol. The highest BCUT2D eigenvalue weighted by atomic mass is 16.6. The second-order valence-corrected chi connectivity index (χ2v) is 21.5.